The molecule has 2 heterocycles. The Bertz CT molecular complexity index is 631. The lowest BCUT2D eigenvalue weighted by Crippen LogP contribution is -2.33. The normalized spacial score (nSPS) is 10.5. The van der Waals surface area contributed by atoms with Gasteiger partial charge in [-0.1, -0.05) is 0 Å². The van der Waals surface area contributed by atoms with E-state index in [-0.39, 0.29) is 32.2 Å². The first kappa shape index (κ1) is 16.8. The highest BCUT2D eigenvalue weighted by atomic mass is 16.6. The van der Waals surface area contributed by atoms with Crippen LogP contribution in [0.25, 0.3) is 0 Å². The number of rotatable bonds is 8. The molecule has 7 heteroatoms. The van der Waals surface area contributed by atoms with E-state index in [1.54, 1.807) is 18.4 Å². The Morgan fingerprint density at radius 3 is 2.52 bits per heavy atom. The van der Waals surface area contributed by atoms with Gasteiger partial charge in [-0.25, -0.2) is 4.79 Å². The first-order valence-electron chi connectivity index (χ1n) is 7.08. The fourth-order valence-corrected chi connectivity index (χ4v) is 1.95. The molecule has 2 rings (SSSR count). The van der Waals surface area contributed by atoms with E-state index >= 15 is 0 Å². The molecule has 1 amide bonds. The van der Waals surface area contributed by atoms with E-state index in [0.29, 0.717) is 11.5 Å². The molecule has 7 nitrogen and oxygen atoms in total. The maximum absolute atomic E-state index is 12.3. The van der Waals surface area contributed by atoms with Gasteiger partial charge in [0, 0.05) is 0 Å². The number of methoxy groups -OCH3 is 1. The topological polar surface area (TPSA) is 82.1 Å². The van der Waals surface area contributed by atoms with Crippen molar-refractivity contribution in [2.45, 2.75) is 20.0 Å². The molecule has 0 N–H and O–H groups in total. The molecule has 124 valence electrons. The average Bonchev–Trinajstić information content (AvgIpc) is 3.18. The van der Waals surface area contributed by atoms with E-state index in [1.807, 2.05) is 19.1 Å². The highest BCUT2D eigenvalue weighted by molar-refractivity contribution is 5.78. The van der Waals surface area contributed by atoms with Crippen LogP contribution in [0.5, 0.6) is 0 Å². The molecule has 2 aromatic rings. The Morgan fingerprint density at radius 1 is 1.13 bits per heavy atom. The van der Waals surface area contributed by atoms with Gasteiger partial charge >= 0.3 is 5.97 Å². The number of furan rings is 2. The number of carbonyl (C=O) groups excluding carboxylic acids is 2. The Kier molecular flexibility index (Phi) is 5.99. The highest BCUT2D eigenvalue weighted by Crippen LogP contribution is 2.13. The molecule has 0 aliphatic rings. The number of aryl methyl sites for hydroxylation is 1. The number of ether oxygens (including phenoxy) is 2. The molecule has 23 heavy (non-hydrogen) atoms. The molecule has 0 aromatic carbocycles. The lowest BCUT2D eigenvalue weighted by atomic mass is 10.3. The van der Waals surface area contributed by atoms with Crippen molar-refractivity contribution in [2.24, 2.45) is 0 Å². The predicted molar refractivity (Wildman–Crippen MR) is 79.2 cm³/mol. The second-order valence-corrected chi connectivity index (χ2v) is 4.91. The Hall–Kier alpha value is -2.54. The quantitative estimate of drug-likeness (QED) is 0.691. The minimum atomic E-state index is -0.531. The molecule has 0 spiro atoms. The van der Waals surface area contributed by atoms with Crippen LogP contribution in [0.1, 0.15) is 17.3 Å². The Balaban J connectivity index is 1.97. The molecule has 0 saturated heterocycles. The van der Waals surface area contributed by atoms with Crippen LogP contribution in [0.3, 0.4) is 0 Å². The summed E-state index contributed by atoms with van der Waals surface area (Å²) in [6.07, 6.45) is 1.54. The van der Waals surface area contributed by atoms with E-state index in [2.05, 4.69) is 4.74 Å². The van der Waals surface area contributed by atoms with Gasteiger partial charge in [-0.3, -0.25) is 4.79 Å². The van der Waals surface area contributed by atoms with Crippen LogP contribution in [0.4, 0.5) is 0 Å². The zero-order valence-electron chi connectivity index (χ0n) is 13.1. The van der Waals surface area contributed by atoms with Crippen molar-refractivity contribution in [1.82, 2.24) is 4.90 Å². The van der Waals surface area contributed by atoms with Crippen molar-refractivity contribution in [3.05, 3.63) is 47.8 Å². The van der Waals surface area contributed by atoms with Gasteiger partial charge in [0.1, 0.15) is 30.5 Å². The summed E-state index contributed by atoms with van der Waals surface area (Å²) in [5.74, 6) is 1.27. The summed E-state index contributed by atoms with van der Waals surface area (Å²) in [6, 6.07) is 7.18. The van der Waals surface area contributed by atoms with Crippen molar-refractivity contribution in [3.8, 4) is 0 Å². The van der Waals surface area contributed by atoms with Gasteiger partial charge in [-0.05, 0) is 31.2 Å². The van der Waals surface area contributed by atoms with Crippen molar-refractivity contribution >= 4 is 11.9 Å². The van der Waals surface area contributed by atoms with Crippen LogP contribution >= 0.6 is 0 Å². The lowest BCUT2D eigenvalue weighted by Gasteiger charge is -2.20. The summed E-state index contributed by atoms with van der Waals surface area (Å²) in [5, 5.41) is 0. The van der Waals surface area contributed by atoms with Crippen LogP contribution in [-0.2, 0) is 32.2 Å². The van der Waals surface area contributed by atoms with Gasteiger partial charge in [0.2, 0.25) is 5.91 Å². The molecule has 0 bridgehead atoms. The van der Waals surface area contributed by atoms with E-state index in [9.17, 15) is 9.59 Å². The summed E-state index contributed by atoms with van der Waals surface area (Å²) < 4.78 is 20.3. The third kappa shape index (κ3) is 5.30. The molecule has 0 aliphatic heterocycles. The Morgan fingerprint density at radius 2 is 1.91 bits per heavy atom. The van der Waals surface area contributed by atoms with E-state index in [4.69, 9.17) is 13.6 Å². The second-order valence-electron chi connectivity index (χ2n) is 4.91. The highest BCUT2D eigenvalue weighted by Gasteiger charge is 2.18. The van der Waals surface area contributed by atoms with Crippen LogP contribution in [0.15, 0.2) is 39.4 Å². The van der Waals surface area contributed by atoms with Gasteiger partial charge in [-0.15, -0.1) is 0 Å². The SMILES string of the molecule is COC(=O)COCC(=O)N(Cc1ccco1)Cc1ccc(C)o1. The Labute approximate surface area is 133 Å². The molecule has 0 atom stereocenters. The average molecular weight is 321 g/mol. The van der Waals surface area contributed by atoms with Crippen molar-refractivity contribution in [3.63, 3.8) is 0 Å². The molecule has 0 fully saturated rings. The third-order valence-electron chi connectivity index (χ3n) is 3.10. The minimum Gasteiger partial charge on any atom is -0.467 e. The smallest absolute Gasteiger partial charge is 0.331 e. The molecule has 0 radical (unpaired) electrons. The van der Waals surface area contributed by atoms with Gasteiger partial charge in [0.25, 0.3) is 0 Å². The van der Waals surface area contributed by atoms with Gasteiger partial charge in [0.15, 0.2) is 0 Å². The van der Waals surface area contributed by atoms with Gasteiger partial charge in [0.05, 0.1) is 26.5 Å². The van der Waals surface area contributed by atoms with E-state index < -0.39 is 5.97 Å². The fraction of sp³-hybridized carbons (Fsp3) is 0.375. The predicted octanol–water partition coefficient (Wildman–Crippen LogP) is 1.90. The zero-order chi connectivity index (χ0) is 16.7. The first-order chi connectivity index (χ1) is 11.1. The van der Waals surface area contributed by atoms with Crippen molar-refractivity contribution in [2.75, 3.05) is 20.3 Å². The second kappa shape index (κ2) is 8.19. The molecule has 0 unspecified atom stereocenters. The number of hydrogen-bond donors (Lipinski definition) is 0. The molecule has 2 aromatic heterocycles. The van der Waals surface area contributed by atoms with Gasteiger partial charge < -0.3 is 23.2 Å². The molecular weight excluding hydrogens is 302 g/mol. The summed E-state index contributed by atoms with van der Waals surface area (Å²) in [4.78, 5) is 24.9. The monoisotopic (exact) mass is 321 g/mol. The van der Waals surface area contributed by atoms with E-state index in [0.717, 1.165) is 5.76 Å². The number of nitrogens with zero attached hydrogens (tertiary/aromatic N) is 1. The first-order valence-corrected chi connectivity index (χ1v) is 7.08. The summed E-state index contributed by atoms with van der Waals surface area (Å²) >= 11 is 0. The van der Waals surface area contributed by atoms with Crippen molar-refractivity contribution in [1.29, 1.82) is 0 Å². The van der Waals surface area contributed by atoms with Crippen LogP contribution in [0.2, 0.25) is 0 Å². The maximum atomic E-state index is 12.3. The maximum Gasteiger partial charge on any atom is 0.331 e. The number of hydrogen-bond acceptors (Lipinski definition) is 6. The fourth-order valence-electron chi connectivity index (χ4n) is 1.95. The summed E-state index contributed by atoms with van der Waals surface area (Å²) in [6.45, 7) is 1.91. The largest absolute Gasteiger partial charge is 0.467 e. The van der Waals surface area contributed by atoms with Crippen LogP contribution < -0.4 is 0 Å². The van der Waals surface area contributed by atoms with Crippen LogP contribution in [-0.4, -0.2) is 37.1 Å². The third-order valence-corrected chi connectivity index (χ3v) is 3.10. The van der Waals surface area contributed by atoms with E-state index in [1.165, 1.54) is 12.0 Å². The standard InChI is InChI=1S/C16H19NO6/c1-12-5-6-14(23-12)9-17(8-13-4-3-7-22-13)15(18)10-21-11-16(19)20-2/h3-7H,8-11H2,1-2H3. The summed E-state index contributed by atoms with van der Waals surface area (Å²) in [7, 11) is 1.26. The minimum absolute atomic E-state index is 0.227. The van der Waals surface area contributed by atoms with Crippen molar-refractivity contribution < 1.29 is 27.9 Å². The van der Waals surface area contributed by atoms with Crippen LogP contribution in [0, 0.1) is 6.92 Å². The zero-order valence-corrected chi connectivity index (χ0v) is 13.1. The number of amides is 1. The summed E-state index contributed by atoms with van der Waals surface area (Å²) in [5.41, 5.74) is 0. The number of esters is 1. The number of carbonyl (C=O) groups is 2. The molecule has 0 saturated carbocycles. The lowest BCUT2D eigenvalue weighted by molar-refractivity contribution is -0.149. The molecule has 0 aliphatic carbocycles. The molecular formula is C16H19NO6. The van der Waals surface area contributed by atoms with Gasteiger partial charge in [-0.2, -0.15) is 0 Å².